The predicted octanol–water partition coefficient (Wildman–Crippen LogP) is 5.20. The summed E-state index contributed by atoms with van der Waals surface area (Å²) in [6, 6.07) is 7.50. The lowest BCUT2D eigenvalue weighted by atomic mass is 10.1. The molecule has 1 aromatic carbocycles. The summed E-state index contributed by atoms with van der Waals surface area (Å²) >= 11 is 0. The normalized spacial score (nSPS) is 15.4. The standard InChI is InChI=1S/C23H27N3O2/c1-14(2)28-23-12-17(9-10-18-19(24-5)7-6-8-22(18)27)26-21(23)13-20-15(3)11-16(4)25-20/h6-14,24-25,27H,1-5H3/b10-9+,21-13-. The first kappa shape index (κ1) is 19.5. The lowest BCUT2D eigenvalue weighted by molar-refractivity contribution is 0.155. The average molecular weight is 377 g/mol. The number of hydrogen-bond donors (Lipinski definition) is 3. The second-order valence-electron chi connectivity index (χ2n) is 7.11. The summed E-state index contributed by atoms with van der Waals surface area (Å²) < 4.78 is 5.96. The summed E-state index contributed by atoms with van der Waals surface area (Å²) in [7, 11) is 1.83. The van der Waals surface area contributed by atoms with Gasteiger partial charge in [-0.25, -0.2) is 4.99 Å². The van der Waals surface area contributed by atoms with E-state index in [1.54, 1.807) is 6.07 Å². The molecule has 146 valence electrons. The minimum Gasteiger partial charge on any atom is -0.507 e. The Morgan fingerprint density at radius 3 is 2.64 bits per heavy atom. The van der Waals surface area contributed by atoms with Crippen LogP contribution in [0.4, 0.5) is 5.69 Å². The number of hydrogen-bond acceptors (Lipinski definition) is 4. The summed E-state index contributed by atoms with van der Waals surface area (Å²) in [5.41, 5.74) is 6.43. The molecule has 5 nitrogen and oxygen atoms in total. The van der Waals surface area contributed by atoms with Crippen molar-refractivity contribution in [2.24, 2.45) is 4.99 Å². The molecule has 0 fully saturated rings. The van der Waals surface area contributed by atoms with Gasteiger partial charge in [0.05, 0.1) is 11.8 Å². The lowest BCUT2D eigenvalue weighted by Gasteiger charge is -2.11. The highest BCUT2D eigenvalue weighted by atomic mass is 16.5. The van der Waals surface area contributed by atoms with E-state index in [1.165, 1.54) is 5.56 Å². The van der Waals surface area contributed by atoms with Crippen molar-refractivity contribution < 1.29 is 9.84 Å². The first-order valence-electron chi connectivity index (χ1n) is 9.40. The molecule has 0 radical (unpaired) electrons. The maximum absolute atomic E-state index is 10.2. The van der Waals surface area contributed by atoms with E-state index >= 15 is 0 Å². The molecule has 3 N–H and O–H groups in total. The molecule has 0 aliphatic carbocycles. The van der Waals surface area contributed by atoms with Crippen molar-refractivity contribution in [3.63, 3.8) is 0 Å². The van der Waals surface area contributed by atoms with E-state index in [-0.39, 0.29) is 11.9 Å². The number of ether oxygens (including phenoxy) is 1. The topological polar surface area (TPSA) is 69.6 Å². The van der Waals surface area contributed by atoms with Crippen LogP contribution in [0, 0.1) is 13.8 Å². The predicted molar refractivity (Wildman–Crippen MR) is 117 cm³/mol. The van der Waals surface area contributed by atoms with Crippen molar-refractivity contribution in [1.82, 2.24) is 4.98 Å². The number of aromatic nitrogens is 1. The van der Waals surface area contributed by atoms with Crippen LogP contribution in [0.15, 0.2) is 52.9 Å². The summed E-state index contributed by atoms with van der Waals surface area (Å²) in [6.07, 6.45) is 7.72. The van der Waals surface area contributed by atoms with Crippen LogP contribution in [0.2, 0.25) is 0 Å². The molecule has 0 bridgehead atoms. The van der Waals surface area contributed by atoms with Gasteiger partial charge in [-0.2, -0.15) is 0 Å². The molecule has 0 saturated carbocycles. The number of aromatic hydroxyl groups is 1. The van der Waals surface area contributed by atoms with Gasteiger partial charge in [0.1, 0.15) is 17.2 Å². The van der Waals surface area contributed by atoms with E-state index in [0.717, 1.165) is 39.8 Å². The number of H-pyrrole nitrogens is 1. The Morgan fingerprint density at radius 2 is 2.00 bits per heavy atom. The van der Waals surface area contributed by atoms with Crippen LogP contribution in [0.5, 0.6) is 5.75 Å². The highest BCUT2D eigenvalue weighted by molar-refractivity contribution is 6.10. The Hall–Kier alpha value is -3.21. The maximum atomic E-state index is 10.2. The third kappa shape index (κ3) is 4.36. The van der Waals surface area contributed by atoms with Crippen LogP contribution in [0.1, 0.15) is 36.4 Å². The number of anilines is 1. The van der Waals surface area contributed by atoms with Gasteiger partial charge in [0, 0.05) is 35.8 Å². The summed E-state index contributed by atoms with van der Waals surface area (Å²) in [5.74, 6) is 0.963. The number of allylic oxidation sites excluding steroid dienone is 2. The van der Waals surface area contributed by atoms with Gasteiger partial charge in [0.15, 0.2) is 0 Å². The van der Waals surface area contributed by atoms with Crippen molar-refractivity contribution in [2.45, 2.75) is 33.8 Å². The Morgan fingerprint density at radius 1 is 1.21 bits per heavy atom. The van der Waals surface area contributed by atoms with Crippen LogP contribution in [-0.2, 0) is 4.74 Å². The molecule has 1 aliphatic rings. The number of aromatic amines is 1. The third-order valence-corrected chi connectivity index (χ3v) is 4.39. The number of aliphatic imine (C=N–C) groups is 1. The van der Waals surface area contributed by atoms with Crippen molar-refractivity contribution in [2.75, 3.05) is 12.4 Å². The fraction of sp³-hybridized carbons (Fsp3) is 0.261. The van der Waals surface area contributed by atoms with Crippen LogP contribution >= 0.6 is 0 Å². The Labute approximate surface area is 166 Å². The summed E-state index contributed by atoms with van der Waals surface area (Å²) in [4.78, 5) is 8.07. The molecule has 2 aromatic rings. The van der Waals surface area contributed by atoms with Gasteiger partial charge in [-0.15, -0.1) is 0 Å². The van der Waals surface area contributed by atoms with Gasteiger partial charge >= 0.3 is 0 Å². The second-order valence-corrected chi connectivity index (χ2v) is 7.11. The SMILES string of the molecule is CNc1cccc(O)c1/C=C/C1=NC(=C\c2[nH]c(C)cc2C)/C(OC(C)C)=C1. The molecular weight excluding hydrogens is 350 g/mol. The van der Waals surface area contributed by atoms with Crippen LogP contribution in [0.3, 0.4) is 0 Å². The smallest absolute Gasteiger partial charge is 0.147 e. The fourth-order valence-corrected chi connectivity index (χ4v) is 3.12. The molecule has 3 rings (SSSR count). The van der Waals surface area contributed by atoms with Gasteiger partial charge in [0.25, 0.3) is 0 Å². The zero-order valence-corrected chi connectivity index (χ0v) is 17.0. The van der Waals surface area contributed by atoms with Crippen LogP contribution < -0.4 is 5.32 Å². The van der Waals surface area contributed by atoms with Crippen molar-refractivity contribution in [3.8, 4) is 5.75 Å². The first-order valence-corrected chi connectivity index (χ1v) is 9.40. The molecule has 2 heterocycles. The average Bonchev–Trinajstić information content (AvgIpc) is 3.15. The highest BCUT2D eigenvalue weighted by Crippen LogP contribution is 2.29. The van der Waals surface area contributed by atoms with E-state index in [4.69, 9.17) is 9.73 Å². The number of nitrogens with zero attached hydrogens (tertiary/aromatic N) is 1. The molecule has 0 amide bonds. The van der Waals surface area contributed by atoms with Gasteiger partial charge in [-0.3, -0.25) is 0 Å². The minimum atomic E-state index is 0.0497. The van der Waals surface area contributed by atoms with Crippen LogP contribution in [-0.4, -0.2) is 29.0 Å². The molecule has 0 atom stereocenters. The number of nitrogens with one attached hydrogen (secondary N) is 2. The molecule has 1 aliphatic heterocycles. The summed E-state index contributed by atoms with van der Waals surface area (Å²) in [6.45, 7) is 8.10. The Balaban J connectivity index is 1.95. The molecule has 28 heavy (non-hydrogen) atoms. The maximum Gasteiger partial charge on any atom is 0.147 e. The quantitative estimate of drug-likeness (QED) is 0.648. The molecule has 5 heteroatoms. The van der Waals surface area contributed by atoms with Crippen molar-refractivity contribution in [1.29, 1.82) is 0 Å². The molecule has 0 unspecified atom stereocenters. The van der Waals surface area contributed by atoms with E-state index in [0.29, 0.717) is 0 Å². The second kappa shape index (κ2) is 8.21. The number of aryl methyl sites for hydroxylation is 2. The molecular formula is C23H27N3O2. The lowest BCUT2D eigenvalue weighted by Crippen LogP contribution is -2.02. The van der Waals surface area contributed by atoms with Gasteiger partial charge in [-0.05, 0) is 69.7 Å². The molecule has 0 spiro atoms. The van der Waals surface area contributed by atoms with Crippen molar-refractivity contribution in [3.05, 3.63) is 70.4 Å². The zero-order valence-electron chi connectivity index (χ0n) is 17.0. The Bertz CT molecular complexity index is 991. The molecule has 0 saturated heterocycles. The third-order valence-electron chi connectivity index (χ3n) is 4.39. The number of benzene rings is 1. The Kier molecular flexibility index (Phi) is 5.73. The largest absolute Gasteiger partial charge is 0.507 e. The van der Waals surface area contributed by atoms with Gasteiger partial charge < -0.3 is 20.1 Å². The van der Waals surface area contributed by atoms with E-state index in [2.05, 4.69) is 23.3 Å². The van der Waals surface area contributed by atoms with Crippen LogP contribution in [0.25, 0.3) is 12.2 Å². The van der Waals surface area contributed by atoms with Gasteiger partial charge in [0.2, 0.25) is 0 Å². The highest BCUT2D eigenvalue weighted by Gasteiger charge is 2.17. The van der Waals surface area contributed by atoms with E-state index in [1.807, 2.05) is 64.3 Å². The van der Waals surface area contributed by atoms with E-state index < -0.39 is 0 Å². The summed E-state index contributed by atoms with van der Waals surface area (Å²) in [5, 5.41) is 13.3. The monoisotopic (exact) mass is 377 g/mol. The van der Waals surface area contributed by atoms with Gasteiger partial charge in [-0.1, -0.05) is 6.07 Å². The number of phenolic OH excluding ortho intramolecular Hbond substituents is 1. The van der Waals surface area contributed by atoms with E-state index in [9.17, 15) is 5.11 Å². The first-order chi connectivity index (χ1) is 13.4. The number of phenols is 1. The minimum absolute atomic E-state index is 0.0497. The zero-order chi connectivity index (χ0) is 20.3. The van der Waals surface area contributed by atoms with Crippen molar-refractivity contribution >= 4 is 23.6 Å². The number of rotatable bonds is 6. The fourth-order valence-electron chi connectivity index (χ4n) is 3.12. The molecule has 1 aromatic heterocycles.